The molecule has 0 radical (unpaired) electrons. The van der Waals surface area contributed by atoms with Crippen molar-refractivity contribution in [1.29, 1.82) is 0 Å². The molecule has 1 atom stereocenters. The monoisotopic (exact) mass is 482 g/mol. The molecule has 3 aromatic carbocycles. The predicted octanol–water partition coefficient (Wildman–Crippen LogP) is 6.86. The Hall–Kier alpha value is -3.18. The summed E-state index contributed by atoms with van der Waals surface area (Å²) in [6, 6.07) is 21.7. The number of benzene rings is 3. The first-order valence-corrected chi connectivity index (χ1v) is 11.6. The van der Waals surface area contributed by atoms with Gasteiger partial charge in [0.1, 0.15) is 17.2 Å². The molecule has 0 aliphatic rings. The van der Waals surface area contributed by atoms with Gasteiger partial charge in [0, 0.05) is 17.0 Å². The predicted molar refractivity (Wildman–Crippen MR) is 134 cm³/mol. The fourth-order valence-corrected chi connectivity index (χ4v) is 3.45. The number of rotatable bonds is 10. The Kier molecular flexibility index (Phi) is 8.11. The van der Waals surface area contributed by atoms with Crippen LogP contribution in [-0.4, -0.2) is 24.3 Å². The number of halogens is 1. The van der Waals surface area contributed by atoms with Crippen molar-refractivity contribution in [2.75, 3.05) is 13.2 Å². The number of carbonyl (C=O) groups is 1. The van der Waals surface area contributed by atoms with Gasteiger partial charge >= 0.3 is 5.97 Å². The van der Waals surface area contributed by atoms with E-state index in [2.05, 4.69) is 20.8 Å². The summed E-state index contributed by atoms with van der Waals surface area (Å²) in [6.45, 7) is 8.91. The largest absolute Gasteiger partial charge is 0.493 e. The molecule has 180 valence electrons. The van der Waals surface area contributed by atoms with E-state index < -0.39 is 11.6 Å². The number of carboxylic acids is 1. The van der Waals surface area contributed by atoms with Gasteiger partial charge in [0.25, 0.3) is 0 Å². The first kappa shape index (κ1) is 25.4. The maximum Gasteiger partial charge on any atom is 0.352 e. The first-order valence-electron chi connectivity index (χ1n) is 11.2. The lowest BCUT2D eigenvalue weighted by molar-refractivity contribution is -0.154. The average molecular weight is 483 g/mol. The molecule has 0 aromatic heterocycles. The van der Waals surface area contributed by atoms with Gasteiger partial charge in [0.05, 0.1) is 13.2 Å². The van der Waals surface area contributed by atoms with E-state index in [0.717, 1.165) is 11.3 Å². The van der Waals surface area contributed by atoms with Gasteiger partial charge in [-0.2, -0.15) is 0 Å². The summed E-state index contributed by atoms with van der Waals surface area (Å²) in [5, 5.41) is 10.6. The Morgan fingerprint density at radius 3 is 1.65 bits per heavy atom. The van der Waals surface area contributed by atoms with E-state index in [4.69, 9.17) is 25.8 Å². The van der Waals surface area contributed by atoms with Crippen molar-refractivity contribution in [1.82, 2.24) is 0 Å². The minimum Gasteiger partial charge on any atom is -0.493 e. The maximum absolute atomic E-state index is 12.1. The third-order valence-electron chi connectivity index (χ3n) is 5.50. The lowest BCUT2D eigenvalue weighted by Crippen LogP contribution is -2.38. The molecule has 1 N–H and O–H groups in total. The van der Waals surface area contributed by atoms with Crippen molar-refractivity contribution in [3.63, 3.8) is 0 Å². The van der Waals surface area contributed by atoms with Crippen molar-refractivity contribution >= 4 is 17.6 Å². The third-order valence-corrected chi connectivity index (χ3v) is 5.75. The van der Waals surface area contributed by atoms with Crippen LogP contribution in [0.3, 0.4) is 0 Å². The summed E-state index contributed by atoms with van der Waals surface area (Å²) < 4.78 is 17.4. The van der Waals surface area contributed by atoms with Gasteiger partial charge in [-0.05, 0) is 66.4 Å². The van der Waals surface area contributed by atoms with Crippen LogP contribution in [0.15, 0.2) is 72.8 Å². The van der Waals surface area contributed by atoms with Gasteiger partial charge in [0.2, 0.25) is 5.60 Å². The Morgan fingerprint density at radius 2 is 1.18 bits per heavy atom. The van der Waals surface area contributed by atoms with Crippen LogP contribution in [0, 0.1) is 0 Å². The second-order valence-corrected chi connectivity index (χ2v) is 9.68. The summed E-state index contributed by atoms with van der Waals surface area (Å²) >= 11 is 5.86. The highest BCUT2D eigenvalue weighted by Gasteiger charge is 2.38. The van der Waals surface area contributed by atoms with Gasteiger partial charge in [0.15, 0.2) is 0 Å². The molecular weight excluding hydrogens is 452 g/mol. The molecule has 0 saturated carbocycles. The van der Waals surface area contributed by atoms with E-state index >= 15 is 0 Å². The molecule has 0 amide bonds. The van der Waals surface area contributed by atoms with Crippen molar-refractivity contribution in [2.24, 2.45) is 0 Å². The summed E-state index contributed by atoms with van der Waals surface area (Å²) in [7, 11) is 0. The van der Waals surface area contributed by atoms with Crippen molar-refractivity contribution in [3.8, 4) is 17.2 Å². The molecule has 0 heterocycles. The first-order chi connectivity index (χ1) is 16.1. The quantitative estimate of drug-likeness (QED) is 0.319. The number of hydrogen-bond acceptors (Lipinski definition) is 4. The highest BCUT2D eigenvalue weighted by Crippen LogP contribution is 2.31. The molecule has 0 spiro atoms. The molecule has 1 unspecified atom stereocenters. The smallest absolute Gasteiger partial charge is 0.352 e. The molecule has 6 heteroatoms. The molecule has 0 aliphatic carbocycles. The van der Waals surface area contributed by atoms with Crippen LogP contribution in [-0.2, 0) is 15.8 Å². The van der Waals surface area contributed by atoms with Gasteiger partial charge in [-0.3, -0.25) is 0 Å². The van der Waals surface area contributed by atoms with Crippen molar-refractivity contribution in [3.05, 3.63) is 88.9 Å². The Bertz CT molecular complexity index is 1070. The summed E-state index contributed by atoms with van der Waals surface area (Å²) in [4.78, 5) is 12.1. The highest BCUT2D eigenvalue weighted by atomic mass is 35.5. The maximum atomic E-state index is 12.1. The van der Waals surface area contributed by atoms with E-state index in [9.17, 15) is 9.90 Å². The summed E-state index contributed by atoms with van der Waals surface area (Å²) in [5.41, 5.74) is 0.149. The lowest BCUT2D eigenvalue weighted by atomic mass is 9.87. The number of hydrogen-bond donors (Lipinski definition) is 1. The number of aliphatic carboxylic acids is 1. The molecule has 3 aromatic rings. The molecule has 5 nitrogen and oxygen atoms in total. The van der Waals surface area contributed by atoms with E-state index in [1.54, 1.807) is 43.3 Å². The van der Waals surface area contributed by atoms with Gasteiger partial charge in [-0.25, -0.2) is 4.79 Å². The second kappa shape index (κ2) is 10.8. The van der Waals surface area contributed by atoms with Gasteiger partial charge < -0.3 is 19.3 Å². The number of ether oxygens (including phenoxy) is 3. The zero-order chi connectivity index (χ0) is 24.8. The molecule has 0 aliphatic heterocycles. The molecule has 0 fully saturated rings. The lowest BCUT2D eigenvalue weighted by Gasteiger charge is -2.27. The van der Waals surface area contributed by atoms with Crippen LogP contribution in [0.25, 0.3) is 0 Å². The standard InChI is InChI=1S/C28H31ClO5/c1-27(2,3)20-6-14-25(15-7-20)34-28(4,26(30)31)21-8-12-23(13-9-21)32-18-5-19-33-24-16-10-22(29)11-17-24/h6-17H,5,18-19H2,1-4H3,(H,30,31). The van der Waals surface area contributed by atoms with Crippen molar-refractivity contribution in [2.45, 2.75) is 45.1 Å². The molecule has 0 saturated heterocycles. The summed E-state index contributed by atoms with van der Waals surface area (Å²) in [6.07, 6.45) is 0.699. The molecule has 0 bridgehead atoms. The van der Waals surface area contributed by atoms with E-state index in [1.165, 1.54) is 0 Å². The topological polar surface area (TPSA) is 65.0 Å². The van der Waals surface area contributed by atoms with Crippen LogP contribution in [0.4, 0.5) is 0 Å². The highest BCUT2D eigenvalue weighted by molar-refractivity contribution is 6.30. The fraction of sp³-hybridized carbons (Fsp3) is 0.321. The molecular formula is C28H31ClO5. The average Bonchev–Trinajstić information content (AvgIpc) is 2.80. The zero-order valence-electron chi connectivity index (χ0n) is 20.0. The van der Waals surface area contributed by atoms with E-state index in [-0.39, 0.29) is 5.41 Å². The van der Waals surface area contributed by atoms with Crippen LogP contribution in [0.2, 0.25) is 5.02 Å². The summed E-state index contributed by atoms with van der Waals surface area (Å²) in [5.74, 6) is 0.839. The van der Waals surface area contributed by atoms with E-state index in [0.29, 0.717) is 41.7 Å². The van der Waals surface area contributed by atoms with Crippen LogP contribution in [0.1, 0.15) is 45.2 Å². The van der Waals surface area contributed by atoms with Crippen molar-refractivity contribution < 1.29 is 24.1 Å². The fourth-order valence-electron chi connectivity index (χ4n) is 3.32. The Balaban J connectivity index is 1.57. The minimum atomic E-state index is -1.53. The zero-order valence-corrected chi connectivity index (χ0v) is 20.8. The normalized spacial score (nSPS) is 13.1. The second-order valence-electron chi connectivity index (χ2n) is 9.24. The van der Waals surface area contributed by atoms with Crippen LogP contribution < -0.4 is 14.2 Å². The minimum absolute atomic E-state index is 0.00638. The van der Waals surface area contributed by atoms with Crippen LogP contribution in [0.5, 0.6) is 17.2 Å². The van der Waals surface area contributed by atoms with Gasteiger partial charge in [-0.15, -0.1) is 0 Å². The molecule has 34 heavy (non-hydrogen) atoms. The van der Waals surface area contributed by atoms with Crippen LogP contribution >= 0.6 is 11.6 Å². The Morgan fingerprint density at radius 1 is 0.735 bits per heavy atom. The third kappa shape index (κ3) is 6.67. The van der Waals surface area contributed by atoms with Gasteiger partial charge in [-0.1, -0.05) is 56.6 Å². The number of carboxylic acid groups (broad SMARTS) is 1. The molecule has 3 rings (SSSR count). The van der Waals surface area contributed by atoms with E-state index in [1.807, 2.05) is 36.4 Å². The Labute approximate surface area is 206 Å². The SMILES string of the molecule is CC(C)(C)c1ccc(OC(C)(C(=O)O)c2ccc(OCCCOc3ccc(Cl)cc3)cc2)cc1.